The van der Waals surface area contributed by atoms with Gasteiger partial charge in [0.05, 0.1) is 36.0 Å². The van der Waals surface area contributed by atoms with Crippen molar-refractivity contribution in [1.29, 1.82) is 0 Å². The molecular formula is C17H14ClN5O2. The second-order valence-electron chi connectivity index (χ2n) is 5.29. The van der Waals surface area contributed by atoms with Crippen LogP contribution in [0.15, 0.2) is 42.7 Å². The van der Waals surface area contributed by atoms with Crippen LogP contribution in [-0.2, 0) is 0 Å². The maximum Gasteiger partial charge on any atom is 0.204 e. The molecule has 0 saturated heterocycles. The van der Waals surface area contributed by atoms with Crippen molar-refractivity contribution in [3.05, 3.63) is 47.7 Å². The number of methoxy groups -OCH3 is 2. The van der Waals surface area contributed by atoms with Gasteiger partial charge in [0, 0.05) is 6.07 Å². The predicted octanol–water partition coefficient (Wildman–Crippen LogP) is 3.69. The highest BCUT2D eigenvalue weighted by molar-refractivity contribution is 6.32. The Balaban J connectivity index is 1.88. The summed E-state index contributed by atoms with van der Waals surface area (Å²) in [6, 6.07) is 11.2. The minimum Gasteiger partial charge on any atom is -0.495 e. The lowest BCUT2D eigenvalue weighted by molar-refractivity contribution is 0.396. The van der Waals surface area contributed by atoms with Gasteiger partial charge in [0.15, 0.2) is 5.82 Å². The Labute approximate surface area is 148 Å². The summed E-state index contributed by atoms with van der Waals surface area (Å²) in [6.07, 6.45) is 1.66. The summed E-state index contributed by atoms with van der Waals surface area (Å²) in [7, 11) is 3.13. The largest absolute Gasteiger partial charge is 0.495 e. The van der Waals surface area contributed by atoms with Gasteiger partial charge in [-0.05, 0) is 18.2 Å². The molecule has 0 spiro atoms. The van der Waals surface area contributed by atoms with E-state index in [2.05, 4.69) is 20.5 Å². The highest BCUT2D eigenvalue weighted by Gasteiger charge is 2.14. The Morgan fingerprint density at radius 3 is 2.68 bits per heavy atom. The van der Waals surface area contributed by atoms with Crippen molar-refractivity contribution in [2.24, 2.45) is 0 Å². The van der Waals surface area contributed by atoms with Gasteiger partial charge in [-0.2, -0.15) is 0 Å². The van der Waals surface area contributed by atoms with Crippen LogP contribution in [0.4, 0.5) is 11.5 Å². The van der Waals surface area contributed by atoms with Gasteiger partial charge in [-0.1, -0.05) is 23.7 Å². The van der Waals surface area contributed by atoms with Crippen LogP contribution in [0.2, 0.25) is 5.02 Å². The van der Waals surface area contributed by atoms with E-state index in [4.69, 9.17) is 21.1 Å². The third kappa shape index (κ3) is 2.58. The van der Waals surface area contributed by atoms with Crippen molar-refractivity contribution < 1.29 is 9.47 Å². The number of anilines is 2. The van der Waals surface area contributed by atoms with Crippen LogP contribution >= 0.6 is 11.6 Å². The zero-order valence-corrected chi connectivity index (χ0v) is 14.3. The van der Waals surface area contributed by atoms with E-state index in [9.17, 15) is 0 Å². The highest BCUT2D eigenvalue weighted by atomic mass is 35.5. The molecule has 0 saturated carbocycles. The number of ether oxygens (including phenoxy) is 2. The lowest BCUT2D eigenvalue weighted by Crippen LogP contribution is -2.02. The molecule has 4 aromatic rings. The molecule has 2 aromatic carbocycles. The maximum absolute atomic E-state index is 6.24. The number of nitrogens with zero attached hydrogens (tertiary/aromatic N) is 4. The van der Waals surface area contributed by atoms with Gasteiger partial charge in [0.25, 0.3) is 0 Å². The Hall–Kier alpha value is -3.06. The minimum atomic E-state index is 0.462. The quantitative estimate of drug-likeness (QED) is 0.601. The average molecular weight is 356 g/mol. The molecule has 0 aliphatic carbocycles. The van der Waals surface area contributed by atoms with Crippen molar-refractivity contribution >= 4 is 39.8 Å². The second-order valence-corrected chi connectivity index (χ2v) is 5.69. The van der Waals surface area contributed by atoms with Gasteiger partial charge in [-0.15, -0.1) is 10.2 Å². The molecule has 8 heteroatoms. The number of para-hydroxylation sites is 2. The molecule has 0 unspecified atom stereocenters. The number of nitrogens with one attached hydrogen (secondary N) is 1. The molecular weight excluding hydrogens is 342 g/mol. The van der Waals surface area contributed by atoms with Crippen LogP contribution in [0.5, 0.6) is 11.5 Å². The number of rotatable bonds is 4. The van der Waals surface area contributed by atoms with E-state index in [1.54, 1.807) is 32.7 Å². The summed E-state index contributed by atoms with van der Waals surface area (Å²) in [5, 5.41) is 11.9. The fourth-order valence-corrected chi connectivity index (χ4v) is 2.92. The molecule has 25 heavy (non-hydrogen) atoms. The summed E-state index contributed by atoms with van der Waals surface area (Å²) in [5.41, 5.74) is 3.00. The number of halogens is 1. The van der Waals surface area contributed by atoms with Crippen LogP contribution in [0.1, 0.15) is 0 Å². The van der Waals surface area contributed by atoms with E-state index >= 15 is 0 Å². The zero-order valence-electron chi connectivity index (χ0n) is 13.5. The topological polar surface area (TPSA) is 73.6 Å². The zero-order chi connectivity index (χ0) is 17.4. The molecule has 0 amide bonds. The van der Waals surface area contributed by atoms with Crippen molar-refractivity contribution in [2.45, 2.75) is 0 Å². The SMILES string of the molecule is COc1cc(OC)c(Nc2nc3ccccc3n3cnnc23)cc1Cl. The van der Waals surface area contributed by atoms with Crippen molar-refractivity contribution in [3.63, 3.8) is 0 Å². The molecule has 0 atom stereocenters. The van der Waals surface area contributed by atoms with E-state index in [0.717, 1.165) is 11.0 Å². The van der Waals surface area contributed by atoms with Crippen molar-refractivity contribution in [3.8, 4) is 11.5 Å². The number of aromatic nitrogens is 4. The number of hydrogen-bond donors (Lipinski definition) is 1. The number of benzene rings is 2. The summed E-state index contributed by atoms with van der Waals surface area (Å²) in [6.45, 7) is 0. The highest BCUT2D eigenvalue weighted by Crippen LogP contribution is 2.37. The van der Waals surface area contributed by atoms with Crippen molar-refractivity contribution in [2.75, 3.05) is 19.5 Å². The fourth-order valence-electron chi connectivity index (χ4n) is 2.67. The summed E-state index contributed by atoms with van der Waals surface area (Å²) in [4.78, 5) is 4.65. The van der Waals surface area contributed by atoms with Crippen LogP contribution in [0, 0.1) is 0 Å². The summed E-state index contributed by atoms with van der Waals surface area (Å²) < 4.78 is 12.5. The Bertz CT molecular complexity index is 1080. The average Bonchev–Trinajstić information content (AvgIpc) is 3.12. The van der Waals surface area contributed by atoms with E-state index in [0.29, 0.717) is 33.7 Å². The van der Waals surface area contributed by atoms with Crippen LogP contribution < -0.4 is 14.8 Å². The first-order valence-corrected chi connectivity index (χ1v) is 7.86. The number of hydrogen-bond acceptors (Lipinski definition) is 6. The lowest BCUT2D eigenvalue weighted by atomic mass is 10.2. The molecule has 0 aliphatic heterocycles. The Morgan fingerprint density at radius 1 is 1.08 bits per heavy atom. The molecule has 0 bridgehead atoms. The van der Waals surface area contributed by atoms with Gasteiger partial charge in [0.2, 0.25) is 5.65 Å². The second kappa shape index (κ2) is 6.10. The molecule has 126 valence electrons. The third-order valence-electron chi connectivity index (χ3n) is 3.86. The molecule has 4 rings (SSSR count). The Kier molecular flexibility index (Phi) is 3.77. The fraction of sp³-hybridized carbons (Fsp3) is 0.118. The van der Waals surface area contributed by atoms with Gasteiger partial charge >= 0.3 is 0 Å². The molecule has 0 aliphatic rings. The first-order valence-electron chi connectivity index (χ1n) is 7.48. The van der Waals surface area contributed by atoms with E-state index in [1.807, 2.05) is 28.7 Å². The van der Waals surface area contributed by atoms with E-state index in [-0.39, 0.29) is 0 Å². The van der Waals surface area contributed by atoms with Crippen LogP contribution in [-0.4, -0.2) is 33.8 Å². The predicted molar refractivity (Wildman–Crippen MR) is 96.1 cm³/mol. The van der Waals surface area contributed by atoms with Gasteiger partial charge in [0.1, 0.15) is 17.8 Å². The lowest BCUT2D eigenvalue weighted by Gasteiger charge is -2.14. The van der Waals surface area contributed by atoms with Gasteiger partial charge < -0.3 is 14.8 Å². The monoisotopic (exact) mass is 355 g/mol. The molecule has 0 radical (unpaired) electrons. The maximum atomic E-state index is 6.24. The summed E-state index contributed by atoms with van der Waals surface area (Å²) in [5.74, 6) is 1.66. The van der Waals surface area contributed by atoms with Crippen LogP contribution in [0.25, 0.3) is 16.7 Å². The molecule has 2 aromatic heterocycles. The first-order chi connectivity index (χ1) is 12.2. The van der Waals surface area contributed by atoms with Crippen molar-refractivity contribution in [1.82, 2.24) is 19.6 Å². The molecule has 1 N–H and O–H groups in total. The molecule has 7 nitrogen and oxygen atoms in total. The molecule has 0 fully saturated rings. The van der Waals surface area contributed by atoms with E-state index in [1.165, 1.54) is 0 Å². The number of fused-ring (bicyclic) bond motifs is 3. The first kappa shape index (κ1) is 15.5. The standard InChI is InChI=1S/C17H14ClN5O2/c1-24-14-8-15(25-2)12(7-10(14)18)21-16-17-22-19-9-23(17)13-6-4-3-5-11(13)20-16/h3-9H,1-2H3,(H,20,21). The smallest absolute Gasteiger partial charge is 0.204 e. The normalized spacial score (nSPS) is 11.0. The van der Waals surface area contributed by atoms with Gasteiger partial charge in [-0.3, -0.25) is 4.40 Å². The summed E-state index contributed by atoms with van der Waals surface area (Å²) >= 11 is 6.24. The van der Waals surface area contributed by atoms with E-state index < -0.39 is 0 Å². The third-order valence-corrected chi connectivity index (χ3v) is 4.16. The minimum absolute atomic E-state index is 0.462. The Morgan fingerprint density at radius 2 is 1.88 bits per heavy atom. The van der Waals surface area contributed by atoms with Crippen LogP contribution in [0.3, 0.4) is 0 Å². The van der Waals surface area contributed by atoms with Gasteiger partial charge in [-0.25, -0.2) is 4.98 Å². The molecule has 2 heterocycles.